The van der Waals surface area contributed by atoms with Crippen molar-refractivity contribution in [2.75, 3.05) is 40.7 Å². The van der Waals surface area contributed by atoms with Gasteiger partial charge in [-0.1, -0.05) is 169 Å². The number of benzene rings is 3. The lowest BCUT2D eigenvalue weighted by atomic mass is 9.76. The largest absolute Gasteiger partial charge is 0.481 e. The molecule has 0 aliphatic carbocycles. The summed E-state index contributed by atoms with van der Waals surface area (Å²) in [4.78, 5) is 28.4. The zero-order chi connectivity index (χ0) is 72.3. The first-order valence-corrected chi connectivity index (χ1v) is 35.2. The highest BCUT2D eigenvalue weighted by Gasteiger charge is 2.43. The number of aliphatic hydroxyl groups excluding tert-OH is 3. The first kappa shape index (κ1) is 88.3. The van der Waals surface area contributed by atoms with Crippen molar-refractivity contribution < 1.29 is 52.7 Å². The minimum atomic E-state index is -3.24. The Kier molecular flexibility index (Phi) is 38.1. The van der Waals surface area contributed by atoms with Gasteiger partial charge in [0, 0.05) is 48.6 Å². The van der Waals surface area contributed by atoms with E-state index >= 15 is 0 Å². The van der Waals surface area contributed by atoms with Crippen molar-refractivity contribution in [3.63, 3.8) is 0 Å². The SMILES string of the molecule is C/C=C/C[C@@H](C)[C@@H](O)C(N(C)C(C)(C)C)C(C)(C)C.C=Cc1ccc(OC(C)=O)cc1.CC(=O)Oc1ccc(/C=C/C[C@@H](C)[C@@H](O)C(N(C)C(C)(C)C)C(C)(C)C)cc1.CCOP(=O)(COc1ccc(/C=C/C[C@@H](C)[C@@H](O)C(N(C)C(C)(C)C)C(C)(C)C)cc1)OCC. The van der Waals surface area contributed by atoms with Crippen molar-refractivity contribution in [1.29, 1.82) is 0 Å². The second-order valence-corrected chi connectivity index (χ2v) is 33.1. The number of aliphatic hydroxyl groups is 3. The van der Waals surface area contributed by atoms with Crippen LogP contribution in [0.2, 0.25) is 0 Å². The number of carbonyl (C=O) groups is 2. The second kappa shape index (κ2) is 40.1. The van der Waals surface area contributed by atoms with E-state index in [0.717, 1.165) is 36.0 Å². The molecule has 14 nitrogen and oxygen atoms in total. The number of hydrogen-bond acceptors (Lipinski definition) is 14. The number of carbonyl (C=O) groups excluding carboxylic acids is 2. The first-order valence-electron chi connectivity index (χ1n) is 33.5. The van der Waals surface area contributed by atoms with E-state index in [1.165, 1.54) is 13.8 Å². The van der Waals surface area contributed by atoms with E-state index in [1.54, 1.807) is 44.2 Å². The Morgan fingerprint density at radius 1 is 0.484 bits per heavy atom. The zero-order valence-corrected chi connectivity index (χ0v) is 64.4. The number of hydrogen-bond donors (Lipinski definition) is 3. The maximum atomic E-state index is 12.5. The minimum absolute atomic E-state index is 0.0157. The van der Waals surface area contributed by atoms with Gasteiger partial charge in [-0.3, -0.25) is 28.9 Å². The number of esters is 2. The fourth-order valence-electron chi connectivity index (χ4n) is 10.7. The molecule has 3 N–H and O–H groups in total. The molecule has 0 saturated heterocycles. The molecular formula is C78H132N3O11P. The molecule has 0 bridgehead atoms. The van der Waals surface area contributed by atoms with Crippen LogP contribution in [0.4, 0.5) is 0 Å². The lowest BCUT2D eigenvalue weighted by Crippen LogP contribution is -2.57. The minimum Gasteiger partial charge on any atom is -0.481 e. The van der Waals surface area contributed by atoms with E-state index in [1.807, 2.05) is 61.5 Å². The highest BCUT2D eigenvalue weighted by atomic mass is 31.2. The molecule has 0 aromatic heterocycles. The van der Waals surface area contributed by atoms with Crippen LogP contribution in [-0.2, 0) is 23.2 Å². The highest BCUT2D eigenvalue weighted by molar-refractivity contribution is 7.53. The summed E-state index contributed by atoms with van der Waals surface area (Å²) >= 11 is 0. The highest BCUT2D eigenvalue weighted by Crippen LogP contribution is 2.48. The van der Waals surface area contributed by atoms with Crippen LogP contribution in [-0.4, -0.2) is 136 Å². The molecule has 0 radical (unpaired) electrons. The van der Waals surface area contributed by atoms with Gasteiger partial charge in [0.05, 0.1) is 31.5 Å². The maximum Gasteiger partial charge on any atom is 0.367 e. The van der Waals surface area contributed by atoms with E-state index in [9.17, 15) is 29.5 Å². The van der Waals surface area contributed by atoms with Crippen molar-refractivity contribution in [3.05, 3.63) is 120 Å². The van der Waals surface area contributed by atoms with Gasteiger partial charge in [-0.15, -0.1) is 0 Å². The van der Waals surface area contributed by atoms with Gasteiger partial charge >= 0.3 is 19.5 Å². The summed E-state index contributed by atoms with van der Waals surface area (Å²) in [7, 11) is 3.10. The quantitative estimate of drug-likeness (QED) is 0.0285. The third-order valence-corrected chi connectivity index (χ3v) is 18.4. The standard InChI is InChI=1S/C27H48NO5P.C24H39NO3.C17H35NO.C10H10O2/c1-11-32-34(30,33-12-2)20-31-23-18-16-22(17-19-23)15-13-14-21(3)24(29)25(26(4,5)6)28(10)27(7,8)9;1-17(21(27)22(23(3,4)5)25(9)24(6,7)8)11-10-12-19-13-15-20(16-14-19)28-18(2)26;1-10-11-12-13(2)14(19)15(16(3,4)5)18(9)17(6,7)8;1-3-9-4-6-10(7-5-9)12-8(2)11/h13,15-19,21,24-25,29H,11-12,14,20H2,1-10H3;10,12-17,21-22,27H,11H2,1-9H3;10-11,13-15,19H,12H2,1-9H3;3-7H,1H2,2H3/b15-13+;12-10+;11-10+;/t21-,24-,25?;17-,21-,22?;13-,14-,15?;/m111./s1. The van der Waals surface area contributed by atoms with Gasteiger partial charge in [0.1, 0.15) is 17.2 Å². The summed E-state index contributed by atoms with van der Waals surface area (Å²) < 4.78 is 38.6. The van der Waals surface area contributed by atoms with Gasteiger partial charge in [-0.2, -0.15) is 0 Å². The van der Waals surface area contributed by atoms with Crippen LogP contribution in [0.1, 0.15) is 216 Å². The van der Waals surface area contributed by atoms with E-state index in [4.69, 9.17) is 23.3 Å². The van der Waals surface area contributed by atoms with Gasteiger partial charge in [-0.05, 0) is 211 Å². The lowest BCUT2D eigenvalue weighted by Gasteiger charge is -2.48. The molecule has 0 spiro atoms. The normalized spacial score (nSPS) is 15.8. The van der Waals surface area contributed by atoms with Crippen LogP contribution in [0.5, 0.6) is 17.2 Å². The van der Waals surface area contributed by atoms with Gasteiger partial charge in [0.25, 0.3) is 0 Å². The number of likely N-dealkylation sites (N-methyl/N-ethyl adjacent to an activating group) is 3. The summed E-state index contributed by atoms with van der Waals surface area (Å²) in [6, 6.07) is 22.4. The molecular weight excluding hydrogens is 1190 g/mol. The summed E-state index contributed by atoms with van der Waals surface area (Å²) in [6.45, 7) is 58.4. The first-order chi connectivity index (χ1) is 42.5. The van der Waals surface area contributed by atoms with Crippen molar-refractivity contribution in [2.45, 2.75) is 252 Å². The summed E-state index contributed by atoms with van der Waals surface area (Å²) in [6.07, 6.45) is 15.4. The average molecular weight is 1320 g/mol. The average Bonchev–Trinajstić information content (AvgIpc) is 0.938. The number of allylic oxidation sites excluding steroid dienone is 4. The molecule has 15 heteroatoms. The third kappa shape index (κ3) is 33.7. The maximum absolute atomic E-state index is 12.5. The molecule has 9 atom stereocenters. The Bertz CT molecular complexity index is 2720. The topological polar surface area (TPSA) is 168 Å². The summed E-state index contributed by atoms with van der Waals surface area (Å²) in [5.41, 5.74) is 3.05. The van der Waals surface area contributed by atoms with E-state index in [2.05, 4.69) is 218 Å². The van der Waals surface area contributed by atoms with E-state index in [-0.39, 0.29) is 93.1 Å². The molecule has 3 rings (SSSR count). The third-order valence-electron chi connectivity index (χ3n) is 16.6. The molecule has 530 valence electrons. The fourth-order valence-corrected chi connectivity index (χ4v) is 12.1. The van der Waals surface area contributed by atoms with Crippen molar-refractivity contribution in [2.24, 2.45) is 34.0 Å². The molecule has 0 fully saturated rings. The van der Waals surface area contributed by atoms with Gasteiger partial charge < -0.3 is 38.6 Å². The van der Waals surface area contributed by atoms with Gasteiger partial charge in [0.2, 0.25) is 0 Å². The van der Waals surface area contributed by atoms with E-state index in [0.29, 0.717) is 30.5 Å². The predicted molar refractivity (Wildman–Crippen MR) is 393 cm³/mol. The van der Waals surface area contributed by atoms with Crippen LogP contribution in [0.3, 0.4) is 0 Å². The monoisotopic (exact) mass is 1320 g/mol. The molecule has 0 saturated carbocycles. The Labute approximate surface area is 567 Å². The molecule has 0 aliphatic heterocycles. The molecule has 0 heterocycles. The Balaban J connectivity index is 0.00000129. The Morgan fingerprint density at radius 3 is 0.989 bits per heavy atom. The van der Waals surface area contributed by atoms with Gasteiger partial charge in [0.15, 0.2) is 6.35 Å². The van der Waals surface area contributed by atoms with Crippen molar-refractivity contribution >= 4 is 37.8 Å². The van der Waals surface area contributed by atoms with Crippen LogP contribution in [0.25, 0.3) is 18.2 Å². The summed E-state index contributed by atoms with van der Waals surface area (Å²) in [5.74, 6) is 1.61. The smallest absolute Gasteiger partial charge is 0.367 e. The zero-order valence-electron chi connectivity index (χ0n) is 63.5. The molecule has 0 aliphatic rings. The van der Waals surface area contributed by atoms with Crippen LogP contribution in [0.15, 0.2) is 104 Å². The fraction of sp³-hybridized carbons (Fsp3) is 0.641. The van der Waals surface area contributed by atoms with Crippen LogP contribution >= 0.6 is 7.60 Å². The number of nitrogens with zero attached hydrogens (tertiary/aromatic N) is 3. The lowest BCUT2D eigenvalue weighted by molar-refractivity contribution is -0.132. The molecule has 3 aromatic carbocycles. The molecule has 3 unspecified atom stereocenters. The van der Waals surface area contributed by atoms with Crippen LogP contribution in [0, 0.1) is 34.0 Å². The van der Waals surface area contributed by atoms with E-state index < -0.39 is 19.8 Å². The number of rotatable bonds is 27. The molecule has 0 amide bonds. The number of ether oxygens (including phenoxy) is 3. The molecule has 3 aromatic rings. The van der Waals surface area contributed by atoms with Gasteiger partial charge in [-0.25, -0.2) is 0 Å². The van der Waals surface area contributed by atoms with Crippen molar-refractivity contribution in [3.8, 4) is 17.2 Å². The molecule has 93 heavy (non-hydrogen) atoms. The van der Waals surface area contributed by atoms with Crippen molar-refractivity contribution in [1.82, 2.24) is 14.7 Å². The Morgan fingerprint density at radius 2 is 0.753 bits per heavy atom. The Hall–Kier alpha value is -4.73. The summed E-state index contributed by atoms with van der Waals surface area (Å²) in [5, 5.41) is 33.2. The predicted octanol–water partition coefficient (Wildman–Crippen LogP) is 18.3. The second-order valence-electron chi connectivity index (χ2n) is 31.1. The van der Waals surface area contributed by atoms with Crippen LogP contribution < -0.4 is 14.2 Å².